The summed E-state index contributed by atoms with van der Waals surface area (Å²) in [4.78, 5) is 3.23. The highest BCUT2D eigenvalue weighted by Crippen LogP contribution is 2.40. The summed E-state index contributed by atoms with van der Waals surface area (Å²) in [6, 6.07) is 8.40. The van der Waals surface area contributed by atoms with Crippen molar-refractivity contribution in [3.63, 3.8) is 0 Å². The number of fused-ring (bicyclic) bond motifs is 1. The van der Waals surface area contributed by atoms with Crippen LogP contribution in [0.25, 0.3) is 10.9 Å². The fourth-order valence-corrected chi connectivity index (χ4v) is 3.16. The fourth-order valence-electron chi connectivity index (χ4n) is 2.06. The molecule has 0 radical (unpaired) electrons. The van der Waals surface area contributed by atoms with Crippen molar-refractivity contribution in [2.24, 2.45) is 0 Å². The van der Waals surface area contributed by atoms with E-state index in [1.165, 1.54) is 17.7 Å². The van der Waals surface area contributed by atoms with E-state index in [9.17, 15) is 0 Å². The maximum Gasteiger partial charge on any atom is 0.0516 e. The molecule has 0 N–H and O–H groups in total. The Labute approximate surface area is 129 Å². The van der Waals surface area contributed by atoms with Crippen molar-refractivity contribution in [2.75, 3.05) is 14.1 Å². The molecule has 0 spiro atoms. The Bertz CT molecular complexity index is 687. The maximum absolute atomic E-state index is 8.66. The Kier molecular flexibility index (Phi) is 2.99. The lowest BCUT2D eigenvalue weighted by Gasteiger charge is -2.33. The second-order valence-corrected chi connectivity index (χ2v) is 7.66. The third-order valence-electron chi connectivity index (χ3n) is 4.00. The number of rotatable bonds is 5. The molecule has 3 heteroatoms. The first-order valence-corrected chi connectivity index (χ1v) is 8.07. The number of likely N-dealkylation sites (N-methyl/N-ethyl adjacent to an activating group) is 1. The minimum Gasteiger partial charge on any atom is -0.346 e. The first-order valence-electron chi connectivity index (χ1n) is 8.19. The van der Waals surface area contributed by atoms with Gasteiger partial charge in [0.15, 0.2) is 0 Å². The van der Waals surface area contributed by atoms with Gasteiger partial charge < -0.3 is 9.47 Å². The van der Waals surface area contributed by atoms with Gasteiger partial charge in [-0.3, -0.25) is 0 Å². The Morgan fingerprint density at radius 1 is 1.35 bits per heavy atom. The third kappa shape index (κ3) is 2.89. The molecule has 1 saturated carbocycles. The van der Waals surface area contributed by atoms with Gasteiger partial charge in [0.1, 0.15) is 0 Å². The van der Waals surface area contributed by atoms with Crippen molar-refractivity contribution in [2.45, 2.75) is 48.9 Å². The monoisotopic (exact) mass is 290 g/mol. The molecular formula is C17H24N2S. The van der Waals surface area contributed by atoms with E-state index in [1.54, 1.807) is 4.57 Å². The third-order valence-corrected chi connectivity index (χ3v) is 5.33. The van der Waals surface area contributed by atoms with Gasteiger partial charge in [-0.15, -0.1) is 11.8 Å². The van der Waals surface area contributed by atoms with E-state index in [1.807, 2.05) is 56.9 Å². The van der Waals surface area contributed by atoms with Crippen LogP contribution in [0.1, 0.15) is 29.4 Å². The van der Waals surface area contributed by atoms with Crippen LogP contribution in [0.15, 0.2) is 35.4 Å². The molecule has 2 nitrogen and oxygen atoms in total. The fraction of sp³-hybridized carbons (Fsp3) is 0.529. The van der Waals surface area contributed by atoms with Crippen molar-refractivity contribution in [1.29, 1.82) is 0 Å². The van der Waals surface area contributed by atoms with E-state index in [4.69, 9.17) is 2.74 Å². The smallest absolute Gasteiger partial charge is 0.0516 e. The summed E-state index contributed by atoms with van der Waals surface area (Å²) in [6.45, 7) is 2.38. The lowest BCUT2D eigenvalue weighted by molar-refractivity contribution is 0.171. The highest BCUT2D eigenvalue weighted by atomic mass is 32.2. The van der Waals surface area contributed by atoms with Crippen LogP contribution in [-0.4, -0.2) is 34.4 Å². The van der Waals surface area contributed by atoms with Crippen molar-refractivity contribution < 1.29 is 2.74 Å². The molecule has 0 bridgehead atoms. The molecule has 0 unspecified atom stereocenters. The summed E-state index contributed by atoms with van der Waals surface area (Å²) in [5.41, 5.74) is 0.348. The molecule has 1 aromatic heterocycles. The molecule has 108 valence electrons. The van der Waals surface area contributed by atoms with Gasteiger partial charge in [0.25, 0.3) is 0 Å². The molecule has 20 heavy (non-hydrogen) atoms. The summed E-state index contributed by atoms with van der Waals surface area (Å²) in [5, 5.41) is 1.91. The Hall–Kier alpha value is -0.930. The average Bonchev–Trinajstić information content (AvgIpc) is 3.14. The normalized spacial score (nSPS) is 18.4. The van der Waals surface area contributed by atoms with Gasteiger partial charge in [-0.2, -0.15) is 0 Å². The zero-order valence-electron chi connectivity index (χ0n) is 14.7. The van der Waals surface area contributed by atoms with Gasteiger partial charge in [-0.05, 0) is 65.0 Å². The molecule has 1 aromatic carbocycles. The molecular weight excluding hydrogens is 264 g/mol. The predicted octanol–water partition coefficient (Wildman–Crippen LogP) is 4.24. The average molecular weight is 290 g/mol. The van der Waals surface area contributed by atoms with Crippen LogP contribution in [0.5, 0.6) is 0 Å². The lowest BCUT2D eigenvalue weighted by Crippen LogP contribution is -2.41. The Morgan fingerprint density at radius 3 is 2.75 bits per heavy atom. The molecule has 3 rings (SSSR count). The van der Waals surface area contributed by atoms with Crippen LogP contribution in [0.3, 0.4) is 0 Å². The molecule has 1 fully saturated rings. The van der Waals surface area contributed by atoms with E-state index < -0.39 is 12.0 Å². The zero-order chi connectivity index (χ0) is 16.1. The number of thioether (sulfide) groups is 1. The number of aromatic nitrogens is 1. The molecule has 0 atom stereocenters. The first kappa shape index (κ1) is 11.7. The molecule has 1 aliphatic rings. The lowest BCUT2D eigenvalue weighted by atomic mass is 10.0. The van der Waals surface area contributed by atoms with Gasteiger partial charge >= 0.3 is 0 Å². The second-order valence-electron chi connectivity index (χ2n) is 6.29. The van der Waals surface area contributed by atoms with Crippen LogP contribution in [0, 0.1) is 0 Å². The molecule has 2 aromatic rings. The largest absolute Gasteiger partial charge is 0.346 e. The van der Waals surface area contributed by atoms with Crippen LogP contribution >= 0.6 is 11.8 Å². The Balaban J connectivity index is 2.00. The molecule has 0 saturated heterocycles. The SMILES string of the molecule is [2H]C([2H])(n1ccc2cc(SC3CC3)ccc21)C(C)(C)N(C)C. The van der Waals surface area contributed by atoms with Crippen LogP contribution < -0.4 is 0 Å². The van der Waals surface area contributed by atoms with Gasteiger partial charge in [0.05, 0.1) is 2.74 Å². The number of nitrogens with zero attached hydrogens (tertiary/aromatic N) is 2. The summed E-state index contributed by atoms with van der Waals surface area (Å²) in [7, 11) is 3.85. The van der Waals surface area contributed by atoms with Crippen LogP contribution in [0.2, 0.25) is 0 Å². The van der Waals surface area contributed by atoms with Crippen molar-refractivity contribution >= 4 is 22.7 Å². The van der Waals surface area contributed by atoms with E-state index in [2.05, 4.69) is 18.2 Å². The standard InChI is InChI=1S/C17H24N2S/c1-17(2,18(3)4)12-19-10-9-13-11-15(7-8-16(13)19)20-14-5-6-14/h7-11,14H,5-6,12H2,1-4H3/i12D2. The van der Waals surface area contributed by atoms with Crippen LogP contribution in [-0.2, 0) is 6.50 Å². The predicted molar refractivity (Wildman–Crippen MR) is 88.6 cm³/mol. The van der Waals surface area contributed by atoms with E-state index >= 15 is 0 Å². The van der Waals surface area contributed by atoms with Crippen molar-refractivity contribution in [3.8, 4) is 0 Å². The summed E-state index contributed by atoms with van der Waals surface area (Å²) >= 11 is 1.94. The number of benzene rings is 1. The van der Waals surface area contributed by atoms with Crippen LogP contribution in [0.4, 0.5) is 0 Å². The second kappa shape index (κ2) is 5.12. The quantitative estimate of drug-likeness (QED) is 0.814. The number of hydrogen-bond acceptors (Lipinski definition) is 2. The minimum absolute atomic E-state index is 0.611. The molecule has 1 aliphatic carbocycles. The molecule has 0 aliphatic heterocycles. The van der Waals surface area contributed by atoms with Gasteiger partial charge in [-0.1, -0.05) is 0 Å². The first-order chi connectivity index (χ1) is 10.2. The topological polar surface area (TPSA) is 8.17 Å². The van der Waals surface area contributed by atoms with Gasteiger partial charge in [0, 0.05) is 39.3 Å². The minimum atomic E-state index is -1.50. The molecule has 1 heterocycles. The molecule has 0 amide bonds. The highest BCUT2D eigenvalue weighted by Gasteiger charge is 2.23. The van der Waals surface area contributed by atoms with E-state index in [0.717, 1.165) is 16.2 Å². The van der Waals surface area contributed by atoms with E-state index in [0.29, 0.717) is 0 Å². The van der Waals surface area contributed by atoms with E-state index in [-0.39, 0.29) is 0 Å². The summed E-state index contributed by atoms with van der Waals surface area (Å²) in [6.07, 6.45) is 4.52. The van der Waals surface area contributed by atoms with Gasteiger partial charge in [-0.25, -0.2) is 0 Å². The maximum atomic E-state index is 8.66. The Morgan fingerprint density at radius 2 is 2.10 bits per heavy atom. The highest BCUT2D eigenvalue weighted by molar-refractivity contribution is 8.00. The number of hydrogen-bond donors (Lipinski definition) is 0. The zero-order valence-corrected chi connectivity index (χ0v) is 13.5. The summed E-state index contributed by atoms with van der Waals surface area (Å²) < 4.78 is 19.1. The van der Waals surface area contributed by atoms with Crippen molar-refractivity contribution in [3.05, 3.63) is 30.5 Å². The summed E-state index contributed by atoms with van der Waals surface area (Å²) in [5.74, 6) is 0. The van der Waals surface area contributed by atoms with Crippen molar-refractivity contribution in [1.82, 2.24) is 9.47 Å². The van der Waals surface area contributed by atoms with Gasteiger partial charge in [0.2, 0.25) is 0 Å².